The minimum Gasteiger partial charge on any atom is -0.339 e. The molecule has 25 heavy (non-hydrogen) atoms. The third-order valence-corrected chi connectivity index (χ3v) is 7.95. The monoisotopic (exact) mass is 457 g/mol. The van der Waals surface area contributed by atoms with Gasteiger partial charge in [0, 0.05) is 31.5 Å². The zero-order valence-corrected chi connectivity index (χ0v) is 18.5. The largest absolute Gasteiger partial charge is 0.339 e. The van der Waals surface area contributed by atoms with Crippen molar-refractivity contribution in [3.63, 3.8) is 0 Å². The van der Waals surface area contributed by atoms with Gasteiger partial charge in [0.05, 0.1) is 32.0 Å². The van der Waals surface area contributed by atoms with Gasteiger partial charge in [-0.25, -0.2) is 0 Å². The van der Waals surface area contributed by atoms with Gasteiger partial charge in [-0.2, -0.15) is 16.8 Å². The highest BCUT2D eigenvalue weighted by Gasteiger charge is 2.27. The van der Waals surface area contributed by atoms with Crippen molar-refractivity contribution in [3.8, 4) is 0 Å². The second-order valence-electron chi connectivity index (χ2n) is 5.37. The van der Waals surface area contributed by atoms with E-state index in [-0.39, 0.29) is 44.2 Å². The van der Waals surface area contributed by atoms with Crippen LogP contribution in [0.2, 0.25) is 0 Å². The van der Waals surface area contributed by atoms with Crippen LogP contribution in [-0.4, -0.2) is 84.8 Å². The van der Waals surface area contributed by atoms with Gasteiger partial charge >= 0.3 is 0 Å². The van der Waals surface area contributed by atoms with Crippen LogP contribution in [0.15, 0.2) is 0 Å². The van der Waals surface area contributed by atoms with Crippen LogP contribution in [0, 0.1) is 0 Å². The Morgan fingerprint density at radius 3 is 1.88 bits per heavy atom. The lowest BCUT2D eigenvalue weighted by molar-refractivity contribution is -0.128. The third-order valence-electron chi connectivity index (χ3n) is 2.90. The van der Waals surface area contributed by atoms with Crippen molar-refractivity contribution in [1.29, 1.82) is 0 Å². The molecule has 1 amide bonds. The fourth-order valence-electron chi connectivity index (χ4n) is 1.75. The summed E-state index contributed by atoms with van der Waals surface area (Å²) in [6.45, 7) is -0.632. The van der Waals surface area contributed by atoms with Crippen LogP contribution in [0.4, 0.5) is 0 Å². The molecule has 0 heterocycles. The van der Waals surface area contributed by atoms with E-state index >= 15 is 0 Å². The van der Waals surface area contributed by atoms with Gasteiger partial charge in [0.15, 0.2) is 0 Å². The number of amides is 1. The van der Waals surface area contributed by atoms with E-state index in [1.165, 1.54) is 22.7 Å². The summed E-state index contributed by atoms with van der Waals surface area (Å²) in [6, 6.07) is 0. The zero-order valence-electron chi connectivity index (χ0n) is 14.3. The first kappa shape index (κ1) is 25.2. The highest BCUT2D eigenvalue weighted by Crippen LogP contribution is 2.45. The summed E-state index contributed by atoms with van der Waals surface area (Å²) >= 11 is 3.94. The molecule has 0 unspecified atom stereocenters. The molecule has 0 saturated heterocycles. The summed E-state index contributed by atoms with van der Waals surface area (Å²) in [5.74, 6) is 0.250. The van der Waals surface area contributed by atoms with Crippen molar-refractivity contribution < 1.29 is 34.6 Å². The predicted molar refractivity (Wildman–Crippen MR) is 103 cm³/mol. The number of nitrogens with zero attached hydrogens (tertiary/aromatic N) is 1. The Balaban J connectivity index is 4.91. The predicted octanol–water partition coefficient (Wildman–Crippen LogP) is 0.686. The quantitative estimate of drug-likeness (QED) is 0.184. The number of hydrogen-bond acceptors (Lipinski definition) is 10. The minimum atomic E-state index is -3.69. The first-order valence-corrected chi connectivity index (χ1v) is 15.0. The van der Waals surface area contributed by atoms with Crippen LogP contribution in [0.5, 0.6) is 0 Å². The van der Waals surface area contributed by atoms with Crippen molar-refractivity contribution in [3.05, 3.63) is 0 Å². The Hall–Kier alpha value is 0.220. The maximum absolute atomic E-state index is 13.0. The van der Waals surface area contributed by atoms with Crippen LogP contribution in [0.1, 0.15) is 6.42 Å². The van der Waals surface area contributed by atoms with Crippen LogP contribution < -0.4 is 0 Å². The van der Waals surface area contributed by atoms with E-state index in [0.717, 1.165) is 12.5 Å². The average Bonchev–Trinajstić information content (AvgIpc) is 2.41. The molecule has 0 aromatic heterocycles. The molecule has 0 saturated carbocycles. The molecule has 0 atom stereocenters. The molecule has 150 valence electrons. The first-order valence-electron chi connectivity index (χ1n) is 7.04. The summed E-state index contributed by atoms with van der Waals surface area (Å²) in [7, 11) is -7.83. The fourth-order valence-corrected chi connectivity index (χ4v) is 5.60. The summed E-state index contributed by atoms with van der Waals surface area (Å²) in [6.07, 6.45) is 1.59. The Kier molecular flexibility index (Phi) is 11.2. The summed E-state index contributed by atoms with van der Waals surface area (Å²) in [4.78, 5) is 13.2. The minimum absolute atomic E-state index is 0.119. The van der Waals surface area contributed by atoms with E-state index in [4.69, 9.17) is 0 Å². The van der Waals surface area contributed by atoms with E-state index in [1.54, 1.807) is 0 Å². The molecule has 0 aliphatic carbocycles. The maximum Gasteiger partial charge on any atom is 0.264 e. The Labute approximate surface area is 158 Å². The highest BCUT2D eigenvalue weighted by atomic mass is 33.1. The lowest BCUT2D eigenvalue weighted by Crippen LogP contribution is -2.30. The Bertz CT molecular complexity index is 636. The normalized spacial score (nSPS) is 13.0. The maximum atomic E-state index is 13.0. The molecule has 0 radical (unpaired) electrons. The number of rotatable bonds is 13. The molecule has 0 bridgehead atoms. The molecule has 0 aromatic rings. The topological polar surface area (TPSA) is 124 Å². The summed E-state index contributed by atoms with van der Waals surface area (Å²) in [5.41, 5.74) is 0. The van der Waals surface area contributed by atoms with Gasteiger partial charge in [-0.05, 0) is 0 Å². The lowest BCUT2D eigenvalue weighted by atomic mass is 10.4. The molecule has 0 rings (SSSR count). The summed E-state index contributed by atoms with van der Waals surface area (Å²) in [5, 5.41) is 0. The molecule has 14 heteroatoms. The van der Waals surface area contributed by atoms with Gasteiger partial charge in [-0.1, -0.05) is 10.8 Å². The highest BCUT2D eigenvalue weighted by molar-refractivity contribution is 8.68. The van der Waals surface area contributed by atoms with Crippen LogP contribution in [0.3, 0.4) is 0 Å². The van der Waals surface area contributed by atoms with E-state index < -0.39 is 27.4 Å². The van der Waals surface area contributed by atoms with E-state index in [1.807, 2.05) is 0 Å². The van der Waals surface area contributed by atoms with Crippen molar-refractivity contribution in [2.75, 3.05) is 57.1 Å². The van der Waals surface area contributed by atoms with Gasteiger partial charge < -0.3 is 9.46 Å². The van der Waals surface area contributed by atoms with E-state index in [0.29, 0.717) is 5.75 Å². The fraction of sp³-hybridized carbons (Fsp3) is 0.909. The van der Waals surface area contributed by atoms with Crippen molar-refractivity contribution in [2.24, 2.45) is 0 Å². The number of hydrogen-bond donors (Lipinski definition) is 1. The van der Waals surface area contributed by atoms with Gasteiger partial charge in [-0.3, -0.25) is 13.2 Å². The third kappa shape index (κ3) is 14.0. The van der Waals surface area contributed by atoms with E-state index in [9.17, 15) is 26.2 Å². The standard InChI is InChI=1S/C11H24NO8PS4/c1-12(11(13)4-9-23-22)10-21(14,7-5-19-24(2,15)16)8-6-20-25(3,17)18/h22H,4-10H2,1-3H3. The SMILES string of the molecule is CN(CP(=O)(CCOS(C)(=O)=O)CCOS(C)(=O)=O)C(=O)CCSS. The molecule has 0 N–H and O–H groups in total. The Morgan fingerprint density at radius 2 is 1.52 bits per heavy atom. The first-order chi connectivity index (χ1) is 11.3. The van der Waals surface area contributed by atoms with Gasteiger partial charge in [0.2, 0.25) is 5.91 Å². The second kappa shape index (κ2) is 11.2. The lowest BCUT2D eigenvalue weighted by Gasteiger charge is -2.24. The zero-order chi connectivity index (χ0) is 19.7. The average molecular weight is 458 g/mol. The molecule has 0 fully saturated rings. The van der Waals surface area contributed by atoms with Gasteiger partial charge in [0.25, 0.3) is 20.2 Å². The number of thiol groups is 1. The molecular formula is C11H24NO8PS4. The van der Waals surface area contributed by atoms with Crippen LogP contribution in [-0.2, 0) is 38.0 Å². The number of carbonyl (C=O) groups excluding carboxylic acids is 1. The molecule has 0 aliphatic rings. The molecule has 0 aliphatic heterocycles. The van der Waals surface area contributed by atoms with Gasteiger partial charge in [0.1, 0.15) is 7.14 Å². The molecular weight excluding hydrogens is 433 g/mol. The Morgan fingerprint density at radius 1 is 1.08 bits per heavy atom. The van der Waals surface area contributed by atoms with Crippen molar-refractivity contribution >= 4 is 55.7 Å². The van der Waals surface area contributed by atoms with Crippen LogP contribution >= 0.6 is 29.6 Å². The molecule has 0 aromatic carbocycles. The van der Waals surface area contributed by atoms with Crippen LogP contribution in [0.25, 0.3) is 0 Å². The molecule has 9 nitrogen and oxygen atoms in total. The summed E-state index contributed by atoms with van der Waals surface area (Å²) < 4.78 is 66.3. The van der Waals surface area contributed by atoms with Gasteiger partial charge in [-0.15, -0.1) is 11.7 Å². The number of carbonyl (C=O) groups is 1. The smallest absolute Gasteiger partial charge is 0.264 e. The molecule has 0 spiro atoms. The van der Waals surface area contributed by atoms with E-state index in [2.05, 4.69) is 20.0 Å². The van der Waals surface area contributed by atoms with Crippen molar-refractivity contribution in [2.45, 2.75) is 6.42 Å². The van der Waals surface area contributed by atoms with Crippen molar-refractivity contribution in [1.82, 2.24) is 4.90 Å². The second-order valence-corrected chi connectivity index (χ2v) is 13.4.